The molecule has 1 aliphatic rings. The number of aryl methyl sites for hydroxylation is 1. The van der Waals surface area contributed by atoms with Crippen LogP contribution in [0.5, 0.6) is 0 Å². The molecule has 1 atom stereocenters. The van der Waals surface area contributed by atoms with Crippen molar-refractivity contribution >= 4 is 33.4 Å². The van der Waals surface area contributed by atoms with Crippen molar-refractivity contribution in [2.75, 3.05) is 13.2 Å². The first-order valence-corrected chi connectivity index (χ1v) is 7.28. The highest BCUT2D eigenvalue weighted by atomic mass is 35.5. The van der Waals surface area contributed by atoms with Gasteiger partial charge in [0, 0.05) is 35.6 Å². The van der Waals surface area contributed by atoms with E-state index in [-0.39, 0.29) is 11.6 Å². The van der Waals surface area contributed by atoms with Gasteiger partial charge in [0.2, 0.25) is 0 Å². The first kappa shape index (κ1) is 12.9. The normalized spacial score (nSPS) is 18.9. The SMILES string of the molecule is Cn1cc2c(n1)c(=O)n([C@@H]1CCOC1)c1cc(Cl)ccc21. The number of fused-ring (bicyclic) bond motifs is 3. The zero-order chi connectivity index (χ0) is 14.6. The Kier molecular flexibility index (Phi) is 2.80. The molecule has 3 aromatic rings. The predicted octanol–water partition coefficient (Wildman–Crippen LogP) is 2.50. The van der Waals surface area contributed by atoms with Crippen LogP contribution in [-0.2, 0) is 11.8 Å². The minimum atomic E-state index is -0.0733. The van der Waals surface area contributed by atoms with Gasteiger partial charge in [-0.1, -0.05) is 17.7 Å². The number of aromatic nitrogens is 3. The summed E-state index contributed by atoms with van der Waals surface area (Å²) in [4.78, 5) is 12.8. The number of nitrogens with zero attached hydrogens (tertiary/aromatic N) is 3. The molecule has 0 amide bonds. The van der Waals surface area contributed by atoms with E-state index in [1.165, 1.54) is 0 Å². The van der Waals surface area contributed by atoms with Crippen molar-refractivity contribution < 1.29 is 4.74 Å². The summed E-state index contributed by atoms with van der Waals surface area (Å²) in [6.45, 7) is 1.24. The van der Waals surface area contributed by atoms with Crippen LogP contribution in [0.4, 0.5) is 0 Å². The van der Waals surface area contributed by atoms with Gasteiger partial charge in [-0.3, -0.25) is 9.48 Å². The van der Waals surface area contributed by atoms with E-state index in [1.54, 1.807) is 9.25 Å². The van der Waals surface area contributed by atoms with Crippen molar-refractivity contribution in [1.29, 1.82) is 0 Å². The molecule has 1 aliphatic heterocycles. The molecule has 6 heteroatoms. The fourth-order valence-electron chi connectivity index (χ4n) is 3.09. The van der Waals surface area contributed by atoms with Crippen molar-refractivity contribution in [3.05, 3.63) is 39.8 Å². The van der Waals surface area contributed by atoms with Gasteiger partial charge in [-0.15, -0.1) is 0 Å². The minimum absolute atomic E-state index is 0.0462. The quantitative estimate of drug-likeness (QED) is 0.694. The number of benzene rings is 1. The Morgan fingerprint density at radius 2 is 2.24 bits per heavy atom. The average Bonchev–Trinajstić information content (AvgIpc) is 3.08. The summed E-state index contributed by atoms with van der Waals surface area (Å²) >= 11 is 6.14. The summed E-state index contributed by atoms with van der Waals surface area (Å²) in [5, 5.41) is 6.81. The fraction of sp³-hybridized carbons (Fsp3) is 0.333. The Balaban J connectivity index is 2.19. The van der Waals surface area contributed by atoms with Crippen LogP contribution in [0.25, 0.3) is 21.8 Å². The molecule has 5 nitrogen and oxygen atoms in total. The molecule has 0 N–H and O–H groups in total. The van der Waals surface area contributed by atoms with E-state index in [1.807, 2.05) is 31.4 Å². The van der Waals surface area contributed by atoms with E-state index in [9.17, 15) is 4.79 Å². The number of halogens is 1. The maximum Gasteiger partial charge on any atom is 0.279 e. The first-order chi connectivity index (χ1) is 10.1. The van der Waals surface area contributed by atoms with Crippen LogP contribution in [0.15, 0.2) is 29.2 Å². The lowest BCUT2D eigenvalue weighted by atomic mass is 10.1. The van der Waals surface area contributed by atoms with E-state index in [4.69, 9.17) is 16.3 Å². The molecule has 1 fully saturated rings. The first-order valence-electron chi connectivity index (χ1n) is 6.90. The Labute approximate surface area is 125 Å². The van der Waals surface area contributed by atoms with E-state index >= 15 is 0 Å². The van der Waals surface area contributed by atoms with Crippen LogP contribution in [0.2, 0.25) is 5.02 Å². The maximum absolute atomic E-state index is 12.8. The second-order valence-electron chi connectivity index (χ2n) is 5.42. The van der Waals surface area contributed by atoms with Gasteiger partial charge >= 0.3 is 0 Å². The van der Waals surface area contributed by atoms with Crippen LogP contribution < -0.4 is 5.56 Å². The lowest BCUT2D eigenvalue weighted by Crippen LogP contribution is -2.26. The lowest BCUT2D eigenvalue weighted by Gasteiger charge is -2.16. The second kappa shape index (κ2) is 4.58. The molecule has 0 spiro atoms. The third-order valence-electron chi connectivity index (χ3n) is 4.03. The van der Waals surface area contributed by atoms with Crippen molar-refractivity contribution in [2.45, 2.75) is 12.5 Å². The summed E-state index contributed by atoms with van der Waals surface area (Å²) in [6.07, 6.45) is 2.71. The Hall–Kier alpha value is -1.85. The number of pyridine rings is 1. The summed E-state index contributed by atoms with van der Waals surface area (Å²) in [5.74, 6) is 0. The number of rotatable bonds is 1. The monoisotopic (exact) mass is 303 g/mol. The van der Waals surface area contributed by atoms with Gasteiger partial charge in [0.25, 0.3) is 5.56 Å². The summed E-state index contributed by atoms with van der Waals surface area (Å²) in [5.41, 5.74) is 1.28. The summed E-state index contributed by atoms with van der Waals surface area (Å²) < 4.78 is 8.92. The molecular weight excluding hydrogens is 290 g/mol. The summed E-state index contributed by atoms with van der Waals surface area (Å²) in [6, 6.07) is 5.69. The zero-order valence-corrected chi connectivity index (χ0v) is 12.3. The highest BCUT2D eigenvalue weighted by Crippen LogP contribution is 2.29. The molecule has 0 unspecified atom stereocenters. The van der Waals surface area contributed by atoms with Gasteiger partial charge in [-0.25, -0.2) is 0 Å². The van der Waals surface area contributed by atoms with Gasteiger partial charge in [-0.2, -0.15) is 5.10 Å². The highest BCUT2D eigenvalue weighted by molar-refractivity contribution is 6.31. The molecule has 3 heterocycles. The molecule has 0 radical (unpaired) electrons. The second-order valence-corrected chi connectivity index (χ2v) is 5.86. The van der Waals surface area contributed by atoms with Crippen LogP contribution in [0, 0.1) is 0 Å². The van der Waals surface area contributed by atoms with Gasteiger partial charge in [0.05, 0.1) is 18.2 Å². The van der Waals surface area contributed by atoms with E-state index < -0.39 is 0 Å². The van der Waals surface area contributed by atoms with Crippen LogP contribution in [0.1, 0.15) is 12.5 Å². The van der Waals surface area contributed by atoms with Crippen molar-refractivity contribution in [3.63, 3.8) is 0 Å². The van der Waals surface area contributed by atoms with Crippen molar-refractivity contribution in [1.82, 2.24) is 14.3 Å². The van der Waals surface area contributed by atoms with Gasteiger partial charge in [0.15, 0.2) is 5.52 Å². The molecule has 0 bridgehead atoms. The van der Waals surface area contributed by atoms with Crippen LogP contribution in [-0.4, -0.2) is 27.6 Å². The standard InChI is InChI=1S/C15H14ClN3O2/c1-18-7-12-11-3-2-9(16)6-13(11)19(10-4-5-21-8-10)15(20)14(12)17-18/h2-3,6-7,10H,4-5,8H2,1H3/t10-/m1/s1. The Morgan fingerprint density at radius 3 is 3.00 bits per heavy atom. The third-order valence-corrected chi connectivity index (χ3v) is 4.27. The van der Waals surface area contributed by atoms with Gasteiger partial charge in [0.1, 0.15) is 0 Å². The molecule has 108 valence electrons. The van der Waals surface area contributed by atoms with Crippen molar-refractivity contribution in [2.24, 2.45) is 7.05 Å². The average molecular weight is 304 g/mol. The molecular formula is C15H14ClN3O2. The van der Waals surface area contributed by atoms with E-state index in [0.717, 1.165) is 22.7 Å². The predicted molar refractivity (Wildman–Crippen MR) is 82.0 cm³/mol. The molecule has 0 saturated carbocycles. The number of hydrogen-bond donors (Lipinski definition) is 0. The van der Waals surface area contributed by atoms with Crippen molar-refractivity contribution in [3.8, 4) is 0 Å². The van der Waals surface area contributed by atoms with Gasteiger partial charge < -0.3 is 9.30 Å². The Bertz CT molecular complexity index is 907. The number of hydrogen-bond acceptors (Lipinski definition) is 3. The smallest absolute Gasteiger partial charge is 0.279 e. The molecule has 1 saturated heterocycles. The van der Waals surface area contributed by atoms with Crippen LogP contribution in [0.3, 0.4) is 0 Å². The highest BCUT2D eigenvalue weighted by Gasteiger charge is 2.23. The summed E-state index contributed by atoms with van der Waals surface area (Å²) in [7, 11) is 1.82. The topological polar surface area (TPSA) is 49.0 Å². The van der Waals surface area contributed by atoms with Gasteiger partial charge in [-0.05, 0) is 18.6 Å². The largest absolute Gasteiger partial charge is 0.379 e. The van der Waals surface area contributed by atoms with Crippen LogP contribution >= 0.6 is 11.6 Å². The number of ether oxygens (including phenoxy) is 1. The molecule has 0 aliphatic carbocycles. The lowest BCUT2D eigenvalue weighted by molar-refractivity contribution is 0.187. The minimum Gasteiger partial charge on any atom is -0.379 e. The maximum atomic E-state index is 12.8. The molecule has 21 heavy (non-hydrogen) atoms. The van der Waals surface area contributed by atoms with E-state index in [2.05, 4.69) is 5.10 Å². The fourth-order valence-corrected chi connectivity index (χ4v) is 3.25. The molecule has 4 rings (SSSR count). The molecule has 1 aromatic carbocycles. The molecule has 2 aromatic heterocycles. The van der Waals surface area contributed by atoms with E-state index in [0.29, 0.717) is 23.8 Å². The zero-order valence-electron chi connectivity index (χ0n) is 11.5. The Morgan fingerprint density at radius 1 is 1.38 bits per heavy atom. The third kappa shape index (κ3) is 1.88.